The van der Waals surface area contributed by atoms with Gasteiger partial charge in [-0.1, -0.05) is 49.2 Å². The van der Waals surface area contributed by atoms with E-state index in [0.29, 0.717) is 11.6 Å². The van der Waals surface area contributed by atoms with Crippen LogP contribution in [0.25, 0.3) is 0 Å². The first-order valence-electron chi connectivity index (χ1n) is 9.56. The van der Waals surface area contributed by atoms with Crippen LogP contribution in [0.1, 0.15) is 38.3 Å². The molecule has 0 aliphatic carbocycles. The lowest BCUT2D eigenvalue weighted by Crippen LogP contribution is -2.39. The van der Waals surface area contributed by atoms with Crippen LogP contribution in [0.15, 0.2) is 53.4 Å². The maximum absolute atomic E-state index is 13.3. The molecule has 5 nitrogen and oxygen atoms in total. The lowest BCUT2D eigenvalue weighted by atomic mass is 10.1. The third kappa shape index (κ3) is 5.58. The number of carbonyl (C=O) groups is 1. The monoisotopic (exact) mass is 402 g/mol. The number of nitrogens with one attached hydrogen (secondary N) is 1. The van der Waals surface area contributed by atoms with Gasteiger partial charge < -0.3 is 5.32 Å². The van der Waals surface area contributed by atoms with Gasteiger partial charge in [-0.2, -0.15) is 0 Å². The minimum Gasteiger partial charge on any atom is -0.353 e. The van der Waals surface area contributed by atoms with Gasteiger partial charge in [-0.25, -0.2) is 8.42 Å². The summed E-state index contributed by atoms with van der Waals surface area (Å²) in [6.45, 7) is 9.95. The standard InChI is InChI=1S/C22H30N2O3S/c1-16(2)19(5)23-22(25)14-15-24(20-10-6-17(3)7-11-20)28(26,27)21-12-8-18(4)9-13-21/h6-13,16,19H,14-15H2,1-5H3,(H,23,25). The first-order chi connectivity index (χ1) is 13.1. The SMILES string of the molecule is Cc1ccc(N(CCC(=O)NC(C)C(C)C)S(=O)(=O)c2ccc(C)cc2)cc1. The van der Waals surface area contributed by atoms with Crippen molar-refractivity contribution in [2.45, 2.75) is 52.0 Å². The van der Waals surface area contributed by atoms with Crippen molar-refractivity contribution >= 4 is 21.6 Å². The lowest BCUT2D eigenvalue weighted by molar-refractivity contribution is -0.121. The minimum absolute atomic E-state index is 0.0361. The smallest absolute Gasteiger partial charge is 0.264 e. The quantitative estimate of drug-likeness (QED) is 0.724. The number of carbonyl (C=O) groups excluding carboxylic acids is 1. The van der Waals surface area contributed by atoms with E-state index in [0.717, 1.165) is 11.1 Å². The Hall–Kier alpha value is -2.34. The Morgan fingerprint density at radius 2 is 1.43 bits per heavy atom. The van der Waals surface area contributed by atoms with Gasteiger partial charge in [-0.05, 0) is 51.0 Å². The molecule has 0 saturated heterocycles. The number of anilines is 1. The molecule has 0 radical (unpaired) electrons. The van der Waals surface area contributed by atoms with Crippen molar-refractivity contribution in [3.63, 3.8) is 0 Å². The molecule has 0 aliphatic heterocycles. The second-order valence-corrected chi connectivity index (χ2v) is 9.44. The van der Waals surface area contributed by atoms with Crippen molar-refractivity contribution in [2.75, 3.05) is 10.8 Å². The number of hydrogen-bond donors (Lipinski definition) is 1. The van der Waals surface area contributed by atoms with E-state index >= 15 is 0 Å². The highest BCUT2D eigenvalue weighted by atomic mass is 32.2. The van der Waals surface area contributed by atoms with Crippen molar-refractivity contribution in [3.8, 4) is 0 Å². The van der Waals surface area contributed by atoms with E-state index in [9.17, 15) is 13.2 Å². The third-order valence-electron chi connectivity index (χ3n) is 4.86. The topological polar surface area (TPSA) is 66.5 Å². The molecule has 0 heterocycles. The molecule has 0 aromatic heterocycles. The van der Waals surface area contributed by atoms with E-state index < -0.39 is 10.0 Å². The van der Waals surface area contributed by atoms with Crippen molar-refractivity contribution < 1.29 is 13.2 Å². The molecular weight excluding hydrogens is 372 g/mol. The van der Waals surface area contributed by atoms with Gasteiger partial charge in [0.05, 0.1) is 10.6 Å². The molecule has 6 heteroatoms. The van der Waals surface area contributed by atoms with Crippen LogP contribution in [-0.2, 0) is 14.8 Å². The van der Waals surface area contributed by atoms with E-state index in [4.69, 9.17) is 0 Å². The summed E-state index contributed by atoms with van der Waals surface area (Å²) in [6, 6.07) is 14.1. The van der Waals surface area contributed by atoms with Gasteiger partial charge in [0.2, 0.25) is 5.91 Å². The van der Waals surface area contributed by atoms with E-state index in [2.05, 4.69) is 5.32 Å². The number of aryl methyl sites for hydroxylation is 2. The molecule has 2 aromatic carbocycles. The van der Waals surface area contributed by atoms with Gasteiger partial charge in [-0.3, -0.25) is 9.10 Å². The second kappa shape index (κ2) is 9.24. The van der Waals surface area contributed by atoms with Gasteiger partial charge in [-0.15, -0.1) is 0 Å². The van der Waals surface area contributed by atoms with E-state index in [1.165, 1.54) is 4.31 Å². The molecule has 2 rings (SSSR count). The molecule has 0 aliphatic rings. The van der Waals surface area contributed by atoms with Crippen molar-refractivity contribution in [3.05, 3.63) is 59.7 Å². The summed E-state index contributed by atoms with van der Waals surface area (Å²) >= 11 is 0. The van der Waals surface area contributed by atoms with Crippen LogP contribution in [0.3, 0.4) is 0 Å². The highest BCUT2D eigenvalue weighted by molar-refractivity contribution is 7.92. The van der Waals surface area contributed by atoms with Crippen LogP contribution >= 0.6 is 0 Å². The van der Waals surface area contributed by atoms with Crippen molar-refractivity contribution in [2.24, 2.45) is 5.92 Å². The highest BCUT2D eigenvalue weighted by Crippen LogP contribution is 2.24. The molecule has 1 unspecified atom stereocenters. The van der Waals surface area contributed by atoms with Gasteiger partial charge in [0.25, 0.3) is 10.0 Å². The molecule has 0 bridgehead atoms. The first kappa shape index (κ1) is 22.0. The molecule has 1 amide bonds. The zero-order valence-corrected chi connectivity index (χ0v) is 18.1. The maximum atomic E-state index is 13.3. The summed E-state index contributed by atoms with van der Waals surface area (Å²) < 4.78 is 27.8. The fourth-order valence-corrected chi connectivity index (χ4v) is 4.10. The molecule has 28 heavy (non-hydrogen) atoms. The molecule has 0 spiro atoms. The van der Waals surface area contributed by atoms with Crippen molar-refractivity contribution in [1.82, 2.24) is 5.32 Å². The van der Waals surface area contributed by atoms with Crippen molar-refractivity contribution in [1.29, 1.82) is 0 Å². The Kier molecular flexibility index (Phi) is 7.24. The second-order valence-electron chi connectivity index (χ2n) is 7.58. The summed E-state index contributed by atoms with van der Waals surface area (Å²) in [5, 5.41) is 2.93. The summed E-state index contributed by atoms with van der Waals surface area (Å²) in [5.74, 6) is 0.158. The zero-order valence-electron chi connectivity index (χ0n) is 17.3. The number of nitrogens with zero attached hydrogens (tertiary/aromatic N) is 1. The molecule has 1 N–H and O–H groups in total. The Bertz CT molecular complexity index is 888. The number of hydrogen-bond acceptors (Lipinski definition) is 3. The van der Waals surface area contributed by atoms with Gasteiger partial charge in [0.1, 0.15) is 0 Å². The number of amides is 1. The normalized spacial score (nSPS) is 12.6. The molecule has 2 aromatic rings. The lowest BCUT2D eigenvalue weighted by Gasteiger charge is -2.25. The Morgan fingerprint density at radius 3 is 1.93 bits per heavy atom. The van der Waals surface area contributed by atoms with Gasteiger partial charge in [0.15, 0.2) is 0 Å². The number of rotatable bonds is 8. The Labute approximate surface area is 168 Å². The van der Waals surface area contributed by atoms with Gasteiger partial charge >= 0.3 is 0 Å². The van der Waals surface area contributed by atoms with Crippen LogP contribution in [0.2, 0.25) is 0 Å². The molecule has 1 atom stereocenters. The summed E-state index contributed by atoms with van der Waals surface area (Å²) in [7, 11) is -3.77. The van der Waals surface area contributed by atoms with E-state index in [-0.39, 0.29) is 29.8 Å². The average molecular weight is 403 g/mol. The molecule has 152 valence electrons. The minimum atomic E-state index is -3.77. The maximum Gasteiger partial charge on any atom is 0.264 e. The molecule has 0 fully saturated rings. The number of benzene rings is 2. The highest BCUT2D eigenvalue weighted by Gasteiger charge is 2.25. The van der Waals surface area contributed by atoms with E-state index in [1.807, 2.05) is 46.8 Å². The Balaban J connectivity index is 2.28. The third-order valence-corrected chi connectivity index (χ3v) is 6.70. The van der Waals surface area contributed by atoms with Crippen LogP contribution in [-0.4, -0.2) is 26.9 Å². The van der Waals surface area contributed by atoms with Crippen LogP contribution in [0.5, 0.6) is 0 Å². The largest absolute Gasteiger partial charge is 0.353 e. The van der Waals surface area contributed by atoms with Crippen LogP contribution in [0, 0.1) is 19.8 Å². The summed E-state index contributed by atoms with van der Waals surface area (Å²) in [6.07, 6.45) is 0.0933. The predicted octanol–water partition coefficient (Wildman–Crippen LogP) is 4.05. The average Bonchev–Trinajstić information content (AvgIpc) is 2.63. The first-order valence-corrected chi connectivity index (χ1v) is 11.0. The summed E-state index contributed by atoms with van der Waals surface area (Å²) in [5.41, 5.74) is 2.58. The van der Waals surface area contributed by atoms with Crippen LogP contribution in [0.4, 0.5) is 5.69 Å². The van der Waals surface area contributed by atoms with Gasteiger partial charge in [0, 0.05) is 19.0 Å². The predicted molar refractivity (Wildman–Crippen MR) is 114 cm³/mol. The zero-order chi connectivity index (χ0) is 20.9. The molecule has 0 saturated carbocycles. The van der Waals surface area contributed by atoms with E-state index in [1.54, 1.807) is 36.4 Å². The van der Waals surface area contributed by atoms with Crippen LogP contribution < -0.4 is 9.62 Å². The fraction of sp³-hybridized carbons (Fsp3) is 0.409. The summed E-state index contributed by atoms with van der Waals surface area (Å²) in [4.78, 5) is 12.5. The molecular formula is C22H30N2O3S. The fourth-order valence-electron chi connectivity index (χ4n) is 2.63. The Morgan fingerprint density at radius 1 is 0.929 bits per heavy atom. The number of sulfonamides is 1.